The molecule has 1 aliphatic rings. The van der Waals surface area contributed by atoms with Crippen LogP contribution in [0.15, 0.2) is 42.5 Å². The Morgan fingerprint density at radius 3 is 2.70 bits per heavy atom. The van der Waals surface area contributed by atoms with Crippen molar-refractivity contribution in [3.63, 3.8) is 0 Å². The van der Waals surface area contributed by atoms with Crippen molar-refractivity contribution in [1.29, 1.82) is 0 Å². The van der Waals surface area contributed by atoms with Gasteiger partial charge in [-0.05, 0) is 37.0 Å². The van der Waals surface area contributed by atoms with Crippen LogP contribution in [0.1, 0.15) is 34.3 Å². The monoisotopic (exact) mass is 286 g/mol. The Kier molecular flexibility index (Phi) is 3.75. The Morgan fingerprint density at radius 1 is 1.10 bits per heavy atom. The number of aryl methyl sites for hydroxylation is 1. The van der Waals surface area contributed by atoms with E-state index in [4.69, 9.17) is 16.3 Å². The molecule has 0 atom stereocenters. The summed E-state index contributed by atoms with van der Waals surface area (Å²) in [4.78, 5) is 12.6. The van der Waals surface area contributed by atoms with Crippen molar-refractivity contribution in [2.75, 3.05) is 6.61 Å². The van der Waals surface area contributed by atoms with Gasteiger partial charge in [0.1, 0.15) is 5.75 Å². The van der Waals surface area contributed by atoms with Gasteiger partial charge in [-0.3, -0.25) is 4.79 Å². The molecular formula is C17H15ClO2. The summed E-state index contributed by atoms with van der Waals surface area (Å²) in [5, 5.41) is 0.591. The number of rotatable bonds is 2. The highest BCUT2D eigenvalue weighted by molar-refractivity contribution is 6.31. The zero-order chi connectivity index (χ0) is 13.9. The van der Waals surface area contributed by atoms with Crippen LogP contribution in [0.3, 0.4) is 0 Å². The molecule has 0 bridgehead atoms. The number of fused-ring (bicyclic) bond motifs is 1. The van der Waals surface area contributed by atoms with E-state index < -0.39 is 0 Å². The van der Waals surface area contributed by atoms with E-state index >= 15 is 0 Å². The fourth-order valence-corrected chi connectivity index (χ4v) is 2.75. The van der Waals surface area contributed by atoms with Gasteiger partial charge in [-0.1, -0.05) is 41.9 Å². The Labute approximate surface area is 123 Å². The molecule has 1 heterocycles. The third kappa shape index (κ3) is 2.56. The van der Waals surface area contributed by atoms with Gasteiger partial charge in [0.05, 0.1) is 12.2 Å². The maximum atomic E-state index is 12.6. The Morgan fingerprint density at radius 2 is 1.90 bits per heavy atom. The maximum Gasteiger partial charge on any atom is 0.196 e. The number of halogens is 1. The molecule has 0 spiro atoms. The van der Waals surface area contributed by atoms with Gasteiger partial charge in [-0.2, -0.15) is 0 Å². The Balaban J connectivity index is 2.09. The second-order valence-electron chi connectivity index (χ2n) is 4.94. The molecule has 0 N–H and O–H groups in total. The topological polar surface area (TPSA) is 26.3 Å². The number of benzene rings is 2. The predicted molar refractivity (Wildman–Crippen MR) is 79.8 cm³/mol. The summed E-state index contributed by atoms with van der Waals surface area (Å²) >= 11 is 6.16. The van der Waals surface area contributed by atoms with Crippen LogP contribution in [0, 0.1) is 0 Å². The SMILES string of the molecule is O=C(c1ccccc1)c1cc(Cl)cc2c1OCCCC2. The highest BCUT2D eigenvalue weighted by Gasteiger charge is 2.20. The minimum Gasteiger partial charge on any atom is -0.493 e. The standard InChI is InChI=1S/C17H15ClO2/c18-14-10-13-8-4-5-9-20-17(13)15(11-14)16(19)12-6-2-1-3-7-12/h1-3,6-7,10-11H,4-5,8-9H2. The summed E-state index contributed by atoms with van der Waals surface area (Å²) < 4.78 is 5.80. The van der Waals surface area contributed by atoms with Gasteiger partial charge in [0.25, 0.3) is 0 Å². The Bertz CT molecular complexity index is 635. The van der Waals surface area contributed by atoms with Gasteiger partial charge in [0.15, 0.2) is 5.78 Å². The lowest BCUT2D eigenvalue weighted by molar-refractivity contribution is 0.103. The lowest BCUT2D eigenvalue weighted by Crippen LogP contribution is -2.07. The first kappa shape index (κ1) is 13.2. The first-order valence-electron chi connectivity index (χ1n) is 6.80. The van der Waals surface area contributed by atoms with E-state index in [1.165, 1.54) is 0 Å². The predicted octanol–water partition coefficient (Wildman–Crippen LogP) is 4.29. The first-order chi connectivity index (χ1) is 9.75. The van der Waals surface area contributed by atoms with Gasteiger partial charge < -0.3 is 4.74 Å². The van der Waals surface area contributed by atoms with Crippen LogP contribution in [0.4, 0.5) is 0 Å². The molecule has 0 unspecified atom stereocenters. The van der Waals surface area contributed by atoms with Gasteiger partial charge in [-0.15, -0.1) is 0 Å². The zero-order valence-corrected chi connectivity index (χ0v) is 11.8. The molecule has 0 aromatic heterocycles. The molecule has 2 aromatic rings. The van der Waals surface area contributed by atoms with E-state index in [1.807, 2.05) is 36.4 Å². The van der Waals surface area contributed by atoms with E-state index in [0.717, 1.165) is 24.8 Å². The second kappa shape index (κ2) is 5.68. The van der Waals surface area contributed by atoms with E-state index in [9.17, 15) is 4.79 Å². The summed E-state index contributed by atoms with van der Waals surface area (Å²) in [6.45, 7) is 0.656. The molecule has 1 aliphatic heterocycles. The van der Waals surface area contributed by atoms with Crippen molar-refractivity contribution in [3.8, 4) is 5.75 Å². The van der Waals surface area contributed by atoms with Crippen LogP contribution in [0.25, 0.3) is 0 Å². The number of hydrogen-bond donors (Lipinski definition) is 0. The third-order valence-electron chi connectivity index (χ3n) is 3.50. The third-order valence-corrected chi connectivity index (χ3v) is 3.72. The van der Waals surface area contributed by atoms with Crippen molar-refractivity contribution in [1.82, 2.24) is 0 Å². The van der Waals surface area contributed by atoms with Crippen LogP contribution in [-0.2, 0) is 6.42 Å². The van der Waals surface area contributed by atoms with Crippen LogP contribution >= 0.6 is 11.6 Å². The zero-order valence-electron chi connectivity index (χ0n) is 11.1. The average molecular weight is 287 g/mol. The number of ether oxygens (including phenoxy) is 1. The van der Waals surface area contributed by atoms with Crippen LogP contribution in [0.2, 0.25) is 5.02 Å². The number of carbonyl (C=O) groups is 1. The quantitative estimate of drug-likeness (QED) is 0.770. The van der Waals surface area contributed by atoms with Gasteiger partial charge in [0, 0.05) is 10.6 Å². The van der Waals surface area contributed by atoms with E-state index in [2.05, 4.69) is 0 Å². The van der Waals surface area contributed by atoms with Gasteiger partial charge >= 0.3 is 0 Å². The summed E-state index contributed by atoms with van der Waals surface area (Å²) in [6.07, 6.45) is 2.97. The molecule has 102 valence electrons. The summed E-state index contributed by atoms with van der Waals surface area (Å²) in [5.41, 5.74) is 2.26. The molecule has 0 radical (unpaired) electrons. The smallest absolute Gasteiger partial charge is 0.196 e. The molecule has 2 nitrogen and oxygen atoms in total. The Hall–Kier alpha value is -1.80. The number of ketones is 1. The molecule has 0 aliphatic carbocycles. The summed E-state index contributed by atoms with van der Waals surface area (Å²) in [5.74, 6) is 0.673. The lowest BCUT2D eigenvalue weighted by Gasteiger charge is -2.13. The minimum absolute atomic E-state index is 0.0359. The highest BCUT2D eigenvalue weighted by atomic mass is 35.5. The van der Waals surface area contributed by atoms with Crippen molar-refractivity contribution in [3.05, 3.63) is 64.2 Å². The minimum atomic E-state index is -0.0359. The molecule has 0 saturated carbocycles. The van der Waals surface area contributed by atoms with E-state index in [1.54, 1.807) is 6.07 Å². The van der Waals surface area contributed by atoms with E-state index in [0.29, 0.717) is 28.5 Å². The number of hydrogen-bond acceptors (Lipinski definition) is 2. The van der Waals surface area contributed by atoms with Crippen LogP contribution < -0.4 is 4.74 Å². The summed E-state index contributed by atoms with van der Waals surface area (Å²) in [7, 11) is 0. The largest absolute Gasteiger partial charge is 0.493 e. The van der Waals surface area contributed by atoms with Crippen LogP contribution in [0.5, 0.6) is 5.75 Å². The maximum absolute atomic E-state index is 12.6. The molecule has 0 amide bonds. The molecule has 20 heavy (non-hydrogen) atoms. The normalized spacial score (nSPS) is 14.1. The molecule has 0 saturated heterocycles. The van der Waals surface area contributed by atoms with Crippen LogP contribution in [-0.4, -0.2) is 12.4 Å². The molecule has 0 fully saturated rings. The fraction of sp³-hybridized carbons (Fsp3) is 0.235. The van der Waals surface area contributed by atoms with Crippen molar-refractivity contribution >= 4 is 17.4 Å². The highest BCUT2D eigenvalue weighted by Crippen LogP contribution is 2.33. The molecule has 3 rings (SSSR count). The fourth-order valence-electron chi connectivity index (χ4n) is 2.51. The first-order valence-corrected chi connectivity index (χ1v) is 7.18. The van der Waals surface area contributed by atoms with Crippen molar-refractivity contribution < 1.29 is 9.53 Å². The summed E-state index contributed by atoms with van der Waals surface area (Å²) in [6, 6.07) is 12.9. The molecular weight excluding hydrogens is 272 g/mol. The lowest BCUT2D eigenvalue weighted by atomic mass is 9.98. The van der Waals surface area contributed by atoms with Gasteiger partial charge in [-0.25, -0.2) is 0 Å². The molecule has 3 heteroatoms. The van der Waals surface area contributed by atoms with Crippen molar-refractivity contribution in [2.24, 2.45) is 0 Å². The van der Waals surface area contributed by atoms with E-state index in [-0.39, 0.29) is 5.78 Å². The second-order valence-corrected chi connectivity index (χ2v) is 5.38. The van der Waals surface area contributed by atoms with Gasteiger partial charge in [0.2, 0.25) is 0 Å². The number of carbonyl (C=O) groups excluding carboxylic acids is 1. The average Bonchev–Trinajstić information content (AvgIpc) is 2.71. The molecule has 2 aromatic carbocycles. The van der Waals surface area contributed by atoms with Crippen molar-refractivity contribution in [2.45, 2.75) is 19.3 Å².